The Balaban J connectivity index is 1.88. The average Bonchev–Trinajstić information content (AvgIpc) is 3.05. The lowest BCUT2D eigenvalue weighted by Gasteiger charge is -1.99. The molecule has 0 aliphatic heterocycles. The molecule has 0 spiro atoms. The molecule has 1 amide bonds. The highest BCUT2D eigenvalue weighted by Crippen LogP contribution is 2.15. The van der Waals surface area contributed by atoms with Gasteiger partial charge in [-0.25, -0.2) is 4.98 Å². The van der Waals surface area contributed by atoms with Crippen LogP contribution < -0.4 is 5.32 Å². The highest BCUT2D eigenvalue weighted by Gasteiger charge is 2.12. The third kappa shape index (κ3) is 3.81. The van der Waals surface area contributed by atoms with Crippen molar-refractivity contribution in [1.29, 1.82) is 0 Å². The molecule has 0 aliphatic rings. The van der Waals surface area contributed by atoms with Crippen LogP contribution >= 0.6 is 23.1 Å². The van der Waals surface area contributed by atoms with Crippen molar-refractivity contribution in [1.82, 2.24) is 15.5 Å². The van der Waals surface area contributed by atoms with Gasteiger partial charge in [-0.1, -0.05) is 12.1 Å². The normalized spacial score (nSPS) is 10.6. The molecule has 1 N–H and O–H groups in total. The molecule has 0 saturated carbocycles. The SMILES string of the molecule is CCc1cc(C(=O)NCc2csc(CSC)n2)no1. The number of aryl methyl sites for hydroxylation is 1. The van der Waals surface area contributed by atoms with Crippen molar-refractivity contribution < 1.29 is 9.32 Å². The quantitative estimate of drug-likeness (QED) is 0.887. The molecule has 2 aromatic heterocycles. The second-order valence-electron chi connectivity index (χ2n) is 3.88. The number of nitrogens with one attached hydrogen (secondary N) is 1. The number of thiazole rings is 1. The van der Waals surface area contributed by atoms with Crippen molar-refractivity contribution in [3.8, 4) is 0 Å². The van der Waals surface area contributed by atoms with Crippen LogP contribution in [0.1, 0.15) is 33.9 Å². The molecule has 2 heterocycles. The highest BCUT2D eigenvalue weighted by atomic mass is 32.2. The number of carbonyl (C=O) groups is 1. The molecule has 0 unspecified atom stereocenters. The Bertz CT molecular complexity index is 551. The second-order valence-corrected chi connectivity index (χ2v) is 5.69. The van der Waals surface area contributed by atoms with Crippen molar-refractivity contribution >= 4 is 29.0 Å². The van der Waals surface area contributed by atoms with E-state index in [9.17, 15) is 4.79 Å². The van der Waals surface area contributed by atoms with Crippen LogP contribution in [-0.4, -0.2) is 22.3 Å². The van der Waals surface area contributed by atoms with Gasteiger partial charge in [-0.3, -0.25) is 4.79 Å². The van der Waals surface area contributed by atoms with E-state index in [1.807, 2.05) is 18.6 Å². The minimum Gasteiger partial charge on any atom is -0.361 e. The molecule has 0 bridgehead atoms. The summed E-state index contributed by atoms with van der Waals surface area (Å²) in [5.41, 5.74) is 1.19. The maximum atomic E-state index is 11.8. The van der Waals surface area contributed by atoms with Gasteiger partial charge in [0, 0.05) is 23.6 Å². The molecule has 2 rings (SSSR count). The van der Waals surface area contributed by atoms with Gasteiger partial charge in [0.25, 0.3) is 5.91 Å². The zero-order valence-electron chi connectivity index (χ0n) is 10.8. The van der Waals surface area contributed by atoms with Crippen LogP contribution in [0, 0.1) is 0 Å². The van der Waals surface area contributed by atoms with E-state index in [-0.39, 0.29) is 5.91 Å². The Hall–Kier alpha value is -1.34. The van der Waals surface area contributed by atoms with Gasteiger partial charge in [-0.2, -0.15) is 11.8 Å². The Morgan fingerprint density at radius 1 is 1.58 bits per heavy atom. The number of hydrogen-bond acceptors (Lipinski definition) is 6. The Morgan fingerprint density at radius 3 is 3.11 bits per heavy atom. The molecule has 0 aromatic carbocycles. The molecule has 0 atom stereocenters. The summed E-state index contributed by atoms with van der Waals surface area (Å²) in [6, 6.07) is 1.66. The van der Waals surface area contributed by atoms with E-state index in [1.54, 1.807) is 29.2 Å². The lowest BCUT2D eigenvalue weighted by Crippen LogP contribution is -2.23. The molecule has 7 heteroatoms. The summed E-state index contributed by atoms with van der Waals surface area (Å²) in [6.07, 6.45) is 2.77. The molecule has 102 valence electrons. The molecule has 0 saturated heterocycles. The van der Waals surface area contributed by atoms with E-state index in [2.05, 4.69) is 15.5 Å². The Kier molecular flexibility index (Phi) is 4.98. The number of amides is 1. The van der Waals surface area contributed by atoms with Crippen molar-refractivity contribution in [3.05, 3.63) is 33.6 Å². The van der Waals surface area contributed by atoms with Gasteiger partial charge >= 0.3 is 0 Å². The van der Waals surface area contributed by atoms with E-state index >= 15 is 0 Å². The summed E-state index contributed by atoms with van der Waals surface area (Å²) in [6.45, 7) is 2.36. The van der Waals surface area contributed by atoms with Crippen LogP contribution in [0.4, 0.5) is 0 Å². The van der Waals surface area contributed by atoms with Gasteiger partial charge in [-0.05, 0) is 6.26 Å². The fourth-order valence-electron chi connectivity index (χ4n) is 1.47. The monoisotopic (exact) mass is 297 g/mol. The number of hydrogen-bond donors (Lipinski definition) is 1. The van der Waals surface area contributed by atoms with E-state index in [4.69, 9.17) is 4.52 Å². The number of thioether (sulfide) groups is 1. The lowest BCUT2D eigenvalue weighted by atomic mass is 10.3. The van der Waals surface area contributed by atoms with Gasteiger partial charge in [0.1, 0.15) is 10.8 Å². The molecular formula is C12H15N3O2S2. The summed E-state index contributed by atoms with van der Waals surface area (Å²) in [7, 11) is 0. The number of rotatable bonds is 6. The zero-order valence-corrected chi connectivity index (χ0v) is 12.4. The van der Waals surface area contributed by atoms with Crippen molar-refractivity contribution in [3.63, 3.8) is 0 Å². The van der Waals surface area contributed by atoms with E-state index in [0.29, 0.717) is 18.0 Å². The maximum absolute atomic E-state index is 11.8. The van der Waals surface area contributed by atoms with Crippen molar-refractivity contribution in [2.24, 2.45) is 0 Å². The first-order chi connectivity index (χ1) is 9.22. The van der Waals surface area contributed by atoms with Crippen LogP contribution in [0.3, 0.4) is 0 Å². The summed E-state index contributed by atoms with van der Waals surface area (Å²) < 4.78 is 5.00. The number of aromatic nitrogens is 2. The Morgan fingerprint density at radius 2 is 2.42 bits per heavy atom. The van der Waals surface area contributed by atoms with E-state index in [1.165, 1.54) is 0 Å². The Labute approximate surface area is 119 Å². The van der Waals surface area contributed by atoms with Crippen LogP contribution in [0.2, 0.25) is 0 Å². The summed E-state index contributed by atoms with van der Waals surface area (Å²) in [5, 5.41) is 9.55. The third-order valence-corrected chi connectivity index (χ3v) is 4.08. The first kappa shape index (κ1) is 14.1. The van der Waals surface area contributed by atoms with Gasteiger partial charge < -0.3 is 9.84 Å². The van der Waals surface area contributed by atoms with Crippen LogP contribution in [0.25, 0.3) is 0 Å². The highest BCUT2D eigenvalue weighted by molar-refractivity contribution is 7.97. The van der Waals surface area contributed by atoms with Crippen molar-refractivity contribution in [2.75, 3.05) is 6.26 Å². The smallest absolute Gasteiger partial charge is 0.273 e. The molecule has 0 aliphatic carbocycles. The summed E-state index contributed by atoms with van der Waals surface area (Å²) in [5.74, 6) is 1.38. The second kappa shape index (κ2) is 6.72. The first-order valence-corrected chi connectivity index (χ1v) is 8.16. The van der Waals surface area contributed by atoms with Crippen molar-refractivity contribution in [2.45, 2.75) is 25.6 Å². The fraction of sp³-hybridized carbons (Fsp3) is 0.417. The van der Waals surface area contributed by atoms with Gasteiger partial charge in [0.2, 0.25) is 0 Å². The average molecular weight is 297 g/mol. The van der Waals surface area contributed by atoms with E-state index in [0.717, 1.165) is 22.9 Å². The lowest BCUT2D eigenvalue weighted by molar-refractivity contribution is 0.0941. The fourth-order valence-corrected chi connectivity index (χ4v) is 2.98. The molecule has 0 radical (unpaired) electrons. The third-order valence-electron chi connectivity index (χ3n) is 2.44. The van der Waals surface area contributed by atoms with Gasteiger partial charge in [0.15, 0.2) is 5.69 Å². The standard InChI is InChI=1S/C12H15N3O2S2/c1-3-9-4-10(15-17-9)12(16)13-5-8-6-19-11(14-8)7-18-2/h4,6H,3,5,7H2,1-2H3,(H,13,16). The van der Waals surface area contributed by atoms with Crippen LogP contribution in [-0.2, 0) is 18.7 Å². The predicted octanol–water partition coefficient (Wildman–Crippen LogP) is 2.49. The zero-order chi connectivity index (χ0) is 13.7. The number of carbonyl (C=O) groups excluding carboxylic acids is 1. The maximum Gasteiger partial charge on any atom is 0.273 e. The molecule has 2 aromatic rings. The van der Waals surface area contributed by atoms with Gasteiger partial charge in [0.05, 0.1) is 12.2 Å². The molecule has 19 heavy (non-hydrogen) atoms. The molecule has 5 nitrogen and oxygen atoms in total. The van der Waals surface area contributed by atoms with Crippen LogP contribution in [0.5, 0.6) is 0 Å². The minimum atomic E-state index is -0.233. The van der Waals surface area contributed by atoms with E-state index < -0.39 is 0 Å². The van der Waals surface area contributed by atoms with Crippen LogP contribution in [0.15, 0.2) is 16.0 Å². The number of nitrogens with zero attached hydrogens (tertiary/aromatic N) is 2. The minimum absolute atomic E-state index is 0.233. The predicted molar refractivity (Wildman–Crippen MR) is 76.4 cm³/mol. The largest absolute Gasteiger partial charge is 0.361 e. The van der Waals surface area contributed by atoms with Gasteiger partial charge in [-0.15, -0.1) is 11.3 Å². The summed E-state index contributed by atoms with van der Waals surface area (Å²) >= 11 is 3.34. The summed E-state index contributed by atoms with van der Waals surface area (Å²) in [4.78, 5) is 16.2. The topological polar surface area (TPSA) is 68.0 Å². The molecule has 0 fully saturated rings. The molecular weight excluding hydrogens is 282 g/mol. The first-order valence-electron chi connectivity index (χ1n) is 5.89.